The van der Waals surface area contributed by atoms with Crippen LogP contribution in [0.4, 0.5) is 5.69 Å². The third-order valence-corrected chi connectivity index (χ3v) is 3.31. The number of benzene rings is 2. The van der Waals surface area contributed by atoms with E-state index in [-0.39, 0.29) is 0 Å². The molecule has 0 heterocycles. The first-order valence-corrected chi connectivity index (χ1v) is 6.55. The molecule has 4 heteroatoms. The first kappa shape index (κ1) is 12.9. The van der Waals surface area contributed by atoms with Crippen LogP contribution in [0.3, 0.4) is 0 Å². The fourth-order valence-electron chi connectivity index (χ4n) is 1.63. The quantitative estimate of drug-likeness (QED) is 0.897. The van der Waals surface area contributed by atoms with Crippen molar-refractivity contribution in [2.45, 2.75) is 6.54 Å². The molecule has 0 unspecified atom stereocenters. The summed E-state index contributed by atoms with van der Waals surface area (Å²) in [5.41, 5.74) is 2.37. The van der Waals surface area contributed by atoms with Crippen molar-refractivity contribution in [3.05, 3.63) is 63.1 Å². The second-order valence-electron chi connectivity index (χ2n) is 3.76. The lowest BCUT2D eigenvalue weighted by Gasteiger charge is -2.09. The summed E-state index contributed by atoms with van der Waals surface area (Å²) in [5.74, 6) is 0. The van der Waals surface area contributed by atoms with Crippen molar-refractivity contribution in [1.29, 1.82) is 5.26 Å². The van der Waals surface area contributed by atoms with Crippen molar-refractivity contribution in [2.75, 3.05) is 5.32 Å². The van der Waals surface area contributed by atoms with Gasteiger partial charge >= 0.3 is 0 Å². The van der Waals surface area contributed by atoms with E-state index in [0.29, 0.717) is 17.1 Å². The van der Waals surface area contributed by atoms with E-state index in [4.69, 9.17) is 16.9 Å². The highest BCUT2D eigenvalue weighted by molar-refractivity contribution is 9.10. The van der Waals surface area contributed by atoms with Crippen LogP contribution in [0.15, 0.2) is 46.9 Å². The predicted octanol–water partition coefficient (Wildman–Crippen LogP) is 4.59. The van der Waals surface area contributed by atoms with Gasteiger partial charge in [-0.2, -0.15) is 5.26 Å². The van der Waals surface area contributed by atoms with E-state index in [1.165, 1.54) is 0 Å². The van der Waals surface area contributed by atoms with Crippen LogP contribution in [-0.2, 0) is 6.54 Å². The molecule has 2 nitrogen and oxygen atoms in total. The second-order valence-corrected chi connectivity index (χ2v) is 5.08. The number of rotatable bonds is 3. The van der Waals surface area contributed by atoms with Gasteiger partial charge in [-0.3, -0.25) is 0 Å². The Morgan fingerprint density at radius 2 is 2.00 bits per heavy atom. The minimum atomic E-state index is 0.469. The van der Waals surface area contributed by atoms with Crippen molar-refractivity contribution in [2.24, 2.45) is 0 Å². The van der Waals surface area contributed by atoms with Gasteiger partial charge in [0.05, 0.1) is 16.3 Å². The van der Waals surface area contributed by atoms with E-state index in [1.807, 2.05) is 36.4 Å². The van der Waals surface area contributed by atoms with Crippen molar-refractivity contribution in [3.8, 4) is 6.07 Å². The highest BCUT2D eigenvalue weighted by Gasteiger charge is 2.05. The van der Waals surface area contributed by atoms with Gasteiger partial charge < -0.3 is 5.32 Å². The number of hydrogen-bond acceptors (Lipinski definition) is 2. The van der Waals surface area contributed by atoms with Gasteiger partial charge in [-0.15, -0.1) is 0 Å². The lowest BCUT2D eigenvalue weighted by molar-refractivity contribution is 1.14. The Kier molecular flexibility index (Phi) is 4.24. The zero-order valence-corrected chi connectivity index (χ0v) is 11.8. The molecule has 0 aromatic heterocycles. The molecule has 2 rings (SSSR count). The van der Waals surface area contributed by atoms with Gasteiger partial charge in [0.25, 0.3) is 0 Å². The molecule has 0 bridgehead atoms. The second kappa shape index (κ2) is 5.90. The zero-order valence-electron chi connectivity index (χ0n) is 9.45. The summed E-state index contributed by atoms with van der Waals surface area (Å²) in [5, 5.41) is 12.7. The highest BCUT2D eigenvalue weighted by Crippen LogP contribution is 2.24. The molecular formula is C14H10BrClN2. The average Bonchev–Trinajstić information content (AvgIpc) is 2.36. The summed E-state index contributed by atoms with van der Waals surface area (Å²) < 4.78 is 1.04. The van der Waals surface area contributed by atoms with Crippen LogP contribution in [0.1, 0.15) is 11.1 Å². The monoisotopic (exact) mass is 320 g/mol. The van der Waals surface area contributed by atoms with Crippen LogP contribution in [0.5, 0.6) is 0 Å². The van der Waals surface area contributed by atoms with Crippen LogP contribution in [0.2, 0.25) is 5.02 Å². The summed E-state index contributed by atoms with van der Waals surface area (Å²) in [7, 11) is 0. The highest BCUT2D eigenvalue weighted by atomic mass is 79.9. The Labute approximate surface area is 119 Å². The van der Waals surface area contributed by atoms with Gasteiger partial charge in [0, 0.05) is 11.0 Å². The maximum Gasteiger partial charge on any atom is 0.103 e. The number of nitrogens with one attached hydrogen (secondary N) is 1. The van der Waals surface area contributed by atoms with E-state index in [1.54, 1.807) is 6.07 Å². The molecule has 0 fully saturated rings. The van der Waals surface area contributed by atoms with E-state index in [9.17, 15) is 0 Å². The number of hydrogen-bond donors (Lipinski definition) is 1. The van der Waals surface area contributed by atoms with Crippen LogP contribution in [0.25, 0.3) is 0 Å². The molecule has 0 aliphatic heterocycles. The van der Waals surface area contributed by atoms with Gasteiger partial charge in [0.2, 0.25) is 0 Å². The molecular weight excluding hydrogens is 312 g/mol. The largest absolute Gasteiger partial charge is 0.380 e. The van der Waals surface area contributed by atoms with Crippen LogP contribution in [0, 0.1) is 11.3 Å². The van der Waals surface area contributed by atoms with Crippen molar-refractivity contribution >= 4 is 33.2 Å². The van der Waals surface area contributed by atoms with Gasteiger partial charge in [0.1, 0.15) is 6.07 Å². The standard InChI is InChI=1S/C14H10BrClN2/c15-11-4-1-3-10(7-11)9-18-14-6-2-5-13(16)12(14)8-17/h1-7,18H,9H2. The van der Waals surface area contributed by atoms with Gasteiger partial charge in [-0.25, -0.2) is 0 Å². The molecule has 90 valence electrons. The Hall–Kier alpha value is -1.50. The maximum atomic E-state index is 9.06. The summed E-state index contributed by atoms with van der Waals surface area (Å²) in [6.07, 6.45) is 0. The molecule has 2 aromatic carbocycles. The van der Waals surface area contributed by atoms with Crippen LogP contribution >= 0.6 is 27.5 Å². The minimum absolute atomic E-state index is 0.469. The lowest BCUT2D eigenvalue weighted by atomic mass is 10.1. The first-order chi connectivity index (χ1) is 8.70. The third-order valence-electron chi connectivity index (χ3n) is 2.50. The van der Waals surface area contributed by atoms with Crippen molar-refractivity contribution in [1.82, 2.24) is 0 Å². The normalized spacial score (nSPS) is 9.83. The Morgan fingerprint density at radius 1 is 1.22 bits per heavy atom. The average molecular weight is 322 g/mol. The summed E-state index contributed by atoms with van der Waals surface area (Å²) >= 11 is 9.39. The van der Waals surface area contributed by atoms with Crippen molar-refractivity contribution < 1.29 is 0 Å². The predicted molar refractivity (Wildman–Crippen MR) is 77.6 cm³/mol. The number of nitriles is 1. The molecule has 0 atom stereocenters. The van der Waals surface area contributed by atoms with E-state index in [0.717, 1.165) is 15.7 Å². The summed E-state index contributed by atoms with van der Waals surface area (Å²) in [6.45, 7) is 0.647. The molecule has 0 saturated heterocycles. The van der Waals surface area contributed by atoms with Crippen LogP contribution < -0.4 is 5.32 Å². The molecule has 0 aliphatic rings. The fraction of sp³-hybridized carbons (Fsp3) is 0.0714. The van der Waals surface area contributed by atoms with Crippen LogP contribution in [-0.4, -0.2) is 0 Å². The Bertz CT molecular complexity index is 605. The summed E-state index contributed by atoms with van der Waals surface area (Å²) in [4.78, 5) is 0. The molecule has 2 aromatic rings. The van der Waals surface area contributed by atoms with E-state index < -0.39 is 0 Å². The van der Waals surface area contributed by atoms with Gasteiger partial charge in [0.15, 0.2) is 0 Å². The zero-order chi connectivity index (χ0) is 13.0. The lowest BCUT2D eigenvalue weighted by Crippen LogP contribution is -2.01. The fourth-order valence-corrected chi connectivity index (χ4v) is 2.29. The Balaban J connectivity index is 2.16. The topological polar surface area (TPSA) is 35.8 Å². The minimum Gasteiger partial charge on any atom is -0.380 e. The third kappa shape index (κ3) is 3.04. The Morgan fingerprint density at radius 3 is 2.72 bits per heavy atom. The number of halogens is 2. The smallest absolute Gasteiger partial charge is 0.103 e. The molecule has 18 heavy (non-hydrogen) atoms. The molecule has 0 amide bonds. The molecule has 0 saturated carbocycles. The number of anilines is 1. The molecule has 0 spiro atoms. The molecule has 0 aliphatic carbocycles. The first-order valence-electron chi connectivity index (χ1n) is 5.37. The molecule has 1 N–H and O–H groups in total. The maximum absolute atomic E-state index is 9.06. The van der Waals surface area contributed by atoms with Gasteiger partial charge in [-0.05, 0) is 29.8 Å². The molecule has 0 radical (unpaired) electrons. The van der Waals surface area contributed by atoms with E-state index >= 15 is 0 Å². The van der Waals surface area contributed by atoms with Crippen molar-refractivity contribution in [3.63, 3.8) is 0 Å². The van der Waals surface area contributed by atoms with Gasteiger partial charge in [-0.1, -0.05) is 45.7 Å². The SMILES string of the molecule is N#Cc1c(Cl)cccc1NCc1cccc(Br)c1. The summed E-state index contributed by atoms with van der Waals surface area (Å²) in [6, 6.07) is 15.5. The van der Waals surface area contributed by atoms with E-state index in [2.05, 4.69) is 27.3 Å². The number of nitrogens with zero attached hydrogens (tertiary/aromatic N) is 1.